The Morgan fingerprint density at radius 1 is 1.00 bits per heavy atom. The minimum atomic E-state index is -3.28. The number of nitrogens with one attached hydrogen (secondary N) is 3. The first-order valence-electron chi connectivity index (χ1n) is 10.5. The van der Waals surface area contributed by atoms with E-state index in [2.05, 4.69) is 50.7 Å². The molecule has 0 atom stereocenters. The summed E-state index contributed by atoms with van der Waals surface area (Å²) in [5, 5.41) is 6.87. The van der Waals surface area contributed by atoms with E-state index in [1.165, 1.54) is 38.3 Å². The molecule has 8 heteroatoms. The monoisotopic (exact) mass is 556 g/mol. The molecule has 31 heavy (non-hydrogen) atoms. The SMILES string of the molecule is CN=C(NCc1cccc(CS(=O)(=O)NC)c1)NCC1(c2ccccc2)CCCC1.I. The quantitative estimate of drug-likeness (QED) is 0.264. The van der Waals surface area contributed by atoms with Gasteiger partial charge in [0.25, 0.3) is 0 Å². The zero-order valence-electron chi connectivity index (χ0n) is 18.2. The Hall–Kier alpha value is -1.65. The van der Waals surface area contributed by atoms with Gasteiger partial charge in [-0.3, -0.25) is 4.99 Å². The number of guanidine groups is 1. The Balaban J connectivity index is 0.00000341. The number of nitrogens with zero attached hydrogens (tertiary/aromatic N) is 1. The van der Waals surface area contributed by atoms with Crippen LogP contribution >= 0.6 is 24.0 Å². The van der Waals surface area contributed by atoms with Crippen molar-refractivity contribution in [3.05, 3.63) is 71.3 Å². The van der Waals surface area contributed by atoms with E-state index < -0.39 is 10.0 Å². The topological polar surface area (TPSA) is 82.6 Å². The van der Waals surface area contributed by atoms with Crippen molar-refractivity contribution < 1.29 is 8.42 Å². The molecule has 3 N–H and O–H groups in total. The fourth-order valence-electron chi connectivity index (χ4n) is 4.19. The largest absolute Gasteiger partial charge is 0.356 e. The molecule has 2 aromatic carbocycles. The number of hydrogen-bond donors (Lipinski definition) is 3. The van der Waals surface area contributed by atoms with Gasteiger partial charge in [-0.25, -0.2) is 13.1 Å². The summed E-state index contributed by atoms with van der Waals surface area (Å²) in [6.45, 7) is 1.42. The standard InChI is InChI=1S/C23H32N4O2S.HI/c1-24-22(26-16-19-9-8-10-20(15-19)17-30(28,29)25-2)27-18-23(13-6-7-14-23)21-11-4-3-5-12-21;/h3-5,8-12,15,25H,6-7,13-14,16-18H2,1-2H3,(H2,24,26,27);1H. The summed E-state index contributed by atoms with van der Waals surface area (Å²) in [5.74, 6) is 0.731. The van der Waals surface area contributed by atoms with Crippen LogP contribution in [0.5, 0.6) is 0 Å². The van der Waals surface area contributed by atoms with Crippen molar-refractivity contribution in [2.24, 2.45) is 4.99 Å². The van der Waals surface area contributed by atoms with Gasteiger partial charge in [0.1, 0.15) is 0 Å². The number of rotatable bonds is 8. The fourth-order valence-corrected chi connectivity index (χ4v) is 4.95. The van der Waals surface area contributed by atoms with Crippen LogP contribution in [-0.2, 0) is 27.7 Å². The molecule has 2 aromatic rings. The number of benzene rings is 2. The Morgan fingerprint density at radius 3 is 2.32 bits per heavy atom. The summed E-state index contributed by atoms with van der Waals surface area (Å²) in [7, 11) is -0.0766. The average Bonchev–Trinajstić information content (AvgIpc) is 3.25. The molecule has 3 rings (SSSR count). The molecular weight excluding hydrogens is 523 g/mol. The Morgan fingerprint density at radius 2 is 1.68 bits per heavy atom. The predicted molar refractivity (Wildman–Crippen MR) is 138 cm³/mol. The van der Waals surface area contributed by atoms with Crippen molar-refractivity contribution in [1.82, 2.24) is 15.4 Å². The molecule has 1 fully saturated rings. The van der Waals surface area contributed by atoms with Crippen LogP contribution < -0.4 is 15.4 Å². The van der Waals surface area contributed by atoms with Crippen LogP contribution in [0, 0.1) is 0 Å². The van der Waals surface area contributed by atoms with E-state index in [1.807, 2.05) is 24.3 Å². The number of aliphatic imine (C=N–C) groups is 1. The number of hydrogen-bond acceptors (Lipinski definition) is 3. The molecule has 0 saturated heterocycles. The molecule has 0 bridgehead atoms. The van der Waals surface area contributed by atoms with Gasteiger partial charge < -0.3 is 10.6 Å². The van der Waals surface area contributed by atoms with Crippen molar-refractivity contribution in [1.29, 1.82) is 0 Å². The molecule has 0 heterocycles. The van der Waals surface area contributed by atoms with Gasteiger partial charge in [-0.15, -0.1) is 24.0 Å². The van der Waals surface area contributed by atoms with E-state index >= 15 is 0 Å². The molecule has 1 aliphatic rings. The van der Waals surface area contributed by atoms with Gasteiger partial charge in [-0.1, -0.05) is 67.4 Å². The van der Waals surface area contributed by atoms with Gasteiger partial charge in [0.05, 0.1) is 5.75 Å². The lowest BCUT2D eigenvalue weighted by Gasteiger charge is -2.30. The van der Waals surface area contributed by atoms with Crippen LogP contribution in [0.25, 0.3) is 0 Å². The molecule has 170 valence electrons. The minimum absolute atomic E-state index is 0. The normalized spacial score (nSPS) is 15.9. The first-order chi connectivity index (χ1) is 14.5. The van der Waals surface area contributed by atoms with Gasteiger partial charge in [0, 0.05) is 25.6 Å². The van der Waals surface area contributed by atoms with Gasteiger partial charge in [0.15, 0.2) is 5.96 Å². The first-order valence-corrected chi connectivity index (χ1v) is 12.1. The zero-order valence-corrected chi connectivity index (χ0v) is 21.4. The highest BCUT2D eigenvalue weighted by Crippen LogP contribution is 2.40. The van der Waals surface area contributed by atoms with E-state index in [1.54, 1.807) is 7.05 Å². The van der Waals surface area contributed by atoms with Crippen LogP contribution in [-0.4, -0.2) is 35.0 Å². The molecule has 1 saturated carbocycles. The smallest absolute Gasteiger partial charge is 0.215 e. The Kier molecular flexibility index (Phi) is 9.77. The second-order valence-corrected chi connectivity index (χ2v) is 9.84. The Bertz CT molecular complexity index is 959. The average molecular weight is 557 g/mol. The summed E-state index contributed by atoms with van der Waals surface area (Å²) in [6, 6.07) is 18.4. The van der Waals surface area contributed by atoms with Crippen LogP contribution in [0.2, 0.25) is 0 Å². The third-order valence-electron chi connectivity index (χ3n) is 5.88. The molecule has 1 aliphatic carbocycles. The minimum Gasteiger partial charge on any atom is -0.356 e. The van der Waals surface area contributed by atoms with Crippen molar-refractivity contribution in [2.45, 2.75) is 43.4 Å². The summed E-state index contributed by atoms with van der Waals surface area (Å²) in [5.41, 5.74) is 3.32. The van der Waals surface area contributed by atoms with Crippen molar-refractivity contribution >= 4 is 40.0 Å². The Labute approximate surface area is 203 Å². The van der Waals surface area contributed by atoms with Crippen LogP contribution in [0.15, 0.2) is 59.6 Å². The summed E-state index contributed by atoms with van der Waals surface area (Å²) in [6.07, 6.45) is 4.88. The number of halogens is 1. The second kappa shape index (κ2) is 11.8. The summed E-state index contributed by atoms with van der Waals surface area (Å²) < 4.78 is 25.9. The molecule has 0 spiro atoms. The van der Waals surface area contributed by atoms with Gasteiger partial charge in [-0.2, -0.15) is 0 Å². The van der Waals surface area contributed by atoms with E-state index in [0.717, 1.165) is 23.6 Å². The maximum atomic E-state index is 11.8. The molecule has 0 aromatic heterocycles. The van der Waals surface area contributed by atoms with Crippen molar-refractivity contribution in [3.8, 4) is 0 Å². The third kappa shape index (κ3) is 7.18. The van der Waals surface area contributed by atoms with Gasteiger partial charge in [-0.05, 0) is 36.6 Å². The van der Waals surface area contributed by atoms with Crippen LogP contribution in [0.3, 0.4) is 0 Å². The molecule has 0 aliphatic heterocycles. The van der Waals surface area contributed by atoms with Gasteiger partial charge >= 0.3 is 0 Å². The highest BCUT2D eigenvalue weighted by molar-refractivity contribution is 14.0. The predicted octanol–water partition coefficient (Wildman–Crippen LogP) is 3.53. The molecule has 0 unspecified atom stereocenters. The highest BCUT2D eigenvalue weighted by Gasteiger charge is 2.35. The van der Waals surface area contributed by atoms with Crippen LogP contribution in [0.4, 0.5) is 0 Å². The zero-order chi connectivity index (χ0) is 21.5. The van der Waals surface area contributed by atoms with E-state index in [-0.39, 0.29) is 35.1 Å². The lowest BCUT2D eigenvalue weighted by Crippen LogP contribution is -2.44. The number of sulfonamides is 1. The highest BCUT2D eigenvalue weighted by atomic mass is 127. The van der Waals surface area contributed by atoms with Crippen molar-refractivity contribution in [3.63, 3.8) is 0 Å². The molecule has 0 amide bonds. The maximum absolute atomic E-state index is 11.8. The van der Waals surface area contributed by atoms with E-state index in [9.17, 15) is 8.42 Å². The first kappa shape index (κ1) is 25.6. The summed E-state index contributed by atoms with van der Waals surface area (Å²) in [4.78, 5) is 4.37. The lowest BCUT2D eigenvalue weighted by atomic mass is 9.79. The summed E-state index contributed by atoms with van der Waals surface area (Å²) >= 11 is 0. The second-order valence-electron chi connectivity index (χ2n) is 7.92. The molecular formula is C23H33IN4O2S. The molecule has 6 nitrogen and oxygen atoms in total. The van der Waals surface area contributed by atoms with E-state index in [0.29, 0.717) is 6.54 Å². The van der Waals surface area contributed by atoms with Gasteiger partial charge in [0.2, 0.25) is 10.0 Å². The van der Waals surface area contributed by atoms with E-state index in [4.69, 9.17) is 0 Å². The third-order valence-corrected chi connectivity index (χ3v) is 7.22. The molecule has 0 radical (unpaired) electrons. The van der Waals surface area contributed by atoms with Crippen molar-refractivity contribution in [2.75, 3.05) is 20.6 Å². The fraction of sp³-hybridized carbons (Fsp3) is 0.435. The van der Waals surface area contributed by atoms with Crippen LogP contribution in [0.1, 0.15) is 42.4 Å². The maximum Gasteiger partial charge on any atom is 0.215 e. The lowest BCUT2D eigenvalue weighted by molar-refractivity contribution is 0.431.